The summed E-state index contributed by atoms with van der Waals surface area (Å²) >= 11 is 1.74. The van der Waals surface area contributed by atoms with Crippen molar-refractivity contribution in [2.24, 2.45) is 0 Å². The minimum absolute atomic E-state index is 0.308. The summed E-state index contributed by atoms with van der Waals surface area (Å²) in [6, 6.07) is 34.8. The van der Waals surface area contributed by atoms with E-state index in [0.29, 0.717) is 5.56 Å². The maximum Gasteiger partial charge on any atom is 0.178 e. The average Bonchev–Trinajstić information content (AvgIpc) is 3.26. The molecule has 4 nitrogen and oxygen atoms in total. The third-order valence-electron chi connectivity index (χ3n) is 10.1. The van der Waals surface area contributed by atoms with Gasteiger partial charge in [-0.15, -0.1) is 11.8 Å². The molecule has 2 aliphatic heterocycles. The smallest absolute Gasteiger partial charge is 0.178 e. The first-order valence-corrected chi connectivity index (χ1v) is 17.3. The van der Waals surface area contributed by atoms with E-state index in [1.165, 1.54) is 38.2 Å². The van der Waals surface area contributed by atoms with E-state index in [1.807, 2.05) is 6.07 Å². The van der Waals surface area contributed by atoms with Crippen LogP contribution in [-0.2, 0) is 15.8 Å². The number of rotatable bonds is 4. The Morgan fingerprint density at radius 2 is 1.59 bits per heavy atom. The maximum atomic E-state index is 9.74. The number of anilines is 1. The van der Waals surface area contributed by atoms with Crippen molar-refractivity contribution in [3.8, 4) is 22.9 Å². The molecule has 1 atom stereocenters. The molecule has 0 bridgehead atoms. The van der Waals surface area contributed by atoms with Crippen LogP contribution in [0.1, 0.15) is 53.6 Å². The fraction of sp³-hybridized carbons (Fsp3) is 0.244. The van der Waals surface area contributed by atoms with Crippen LogP contribution in [0.15, 0.2) is 102 Å². The molecule has 228 valence electrons. The van der Waals surface area contributed by atoms with Gasteiger partial charge in [-0.3, -0.25) is 0 Å². The number of nitriles is 1. The van der Waals surface area contributed by atoms with Crippen molar-refractivity contribution in [3.05, 3.63) is 130 Å². The molecule has 5 aromatic carbocycles. The van der Waals surface area contributed by atoms with Crippen LogP contribution in [0.4, 0.5) is 5.69 Å². The lowest BCUT2D eigenvalue weighted by Gasteiger charge is -2.38. The van der Waals surface area contributed by atoms with Gasteiger partial charge in [-0.1, -0.05) is 74.5 Å². The zero-order valence-electron chi connectivity index (χ0n) is 26.5. The molecule has 2 heterocycles. The van der Waals surface area contributed by atoms with E-state index in [9.17, 15) is 5.26 Å². The molecule has 0 N–H and O–H groups in total. The average molecular weight is 621 g/mol. The van der Waals surface area contributed by atoms with E-state index in [0.717, 1.165) is 60.6 Å². The number of ether oxygens (including phenoxy) is 2. The summed E-state index contributed by atoms with van der Waals surface area (Å²) < 4.78 is 13.2. The first-order valence-electron chi connectivity index (χ1n) is 16.0. The Hall–Kier alpha value is -4.50. The van der Waals surface area contributed by atoms with Gasteiger partial charge in [0.15, 0.2) is 5.60 Å². The van der Waals surface area contributed by atoms with Crippen molar-refractivity contribution in [3.63, 3.8) is 0 Å². The summed E-state index contributed by atoms with van der Waals surface area (Å²) in [4.78, 5) is 3.63. The largest absolute Gasteiger partial charge is 0.472 e. The highest BCUT2D eigenvalue weighted by Crippen LogP contribution is 2.58. The monoisotopic (exact) mass is 620 g/mol. The Bertz CT molecular complexity index is 2050. The highest BCUT2D eigenvalue weighted by Gasteiger charge is 2.44. The van der Waals surface area contributed by atoms with Gasteiger partial charge in [-0.05, 0) is 82.8 Å². The van der Waals surface area contributed by atoms with Crippen LogP contribution in [0.3, 0.4) is 0 Å². The molecule has 5 aromatic rings. The number of fused-ring (bicyclic) bond motifs is 8. The number of thioether (sulfide) groups is 1. The topological polar surface area (TPSA) is 45.5 Å². The molecular weight excluding hydrogens is 585 g/mol. The van der Waals surface area contributed by atoms with Gasteiger partial charge < -0.3 is 14.4 Å². The molecule has 0 saturated carbocycles. The lowest BCUT2D eigenvalue weighted by molar-refractivity contribution is 0.152. The van der Waals surface area contributed by atoms with E-state index >= 15 is 0 Å². The summed E-state index contributed by atoms with van der Waals surface area (Å²) in [6.45, 7) is 8.02. The van der Waals surface area contributed by atoms with E-state index in [1.54, 1.807) is 11.8 Å². The zero-order chi connectivity index (χ0) is 31.5. The summed E-state index contributed by atoms with van der Waals surface area (Å²) in [5.41, 5.74) is 8.96. The highest BCUT2D eigenvalue weighted by molar-refractivity contribution is 7.98. The Morgan fingerprint density at radius 1 is 0.848 bits per heavy atom. The first kappa shape index (κ1) is 28.9. The van der Waals surface area contributed by atoms with Crippen LogP contribution in [0, 0.1) is 11.3 Å². The van der Waals surface area contributed by atoms with Crippen molar-refractivity contribution in [2.75, 3.05) is 37.5 Å². The normalized spacial score (nSPS) is 19.5. The maximum absolute atomic E-state index is 9.74. The predicted octanol–water partition coefficient (Wildman–Crippen LogP) is 9.32. The van der Waals surface area contributed by atoms with E-state index in [2.05, 4.69) is 128 Å². The molecule has 46 heavy (non-hydrogen) atoms. The summed E-state index contributed by atoms with van der Waals surface area (Å²) in [7, 11) is 0. The fourth-order valence-electron chi connectivity index (χ4n) is 7.74. The minimum Gasteiger partial charge on any atom is -0.472 e. The van der Waals surface area contributed by atoms with Gasteiger partial charge in [-0.25, -0.2) is 0 Å². The third kappa shape index (κ3) is 4.39. The van der Waals surface area contributed by atoms with Gasteiger partial charge in [0.25, 0.3) is 0 Å². The van der Waals surface area contributed by atoms with Gasteiger partial charge in [0.1, 0.15) is 5.75 Å². The second-order valence-electron chi connectivity index (χ2n) is 12.9. The van der Waals surface area contributed by atoms with Crippen LogP contribution in [0.25, 0.3) is 28.0 Å². The van der Waals surface area contributed by atoms with E-state index < -0.39 is 5.60 Å². The molecule has 0 amide bonds. The SMILES string of the molecule is CSc1ccc(C2(c3ccc(N4CCCOCC4)cc3)C=Cc3c4c(c5ccccc5c3O2)-c2ccc(C#N)cc2C4(C)C)cc1. The standard InChI is InChI=1S/C41H36N2O2S/c1-40(2)36-25-27(26-42)9-18-34(36)37-32-7-4-5-8-33(32)39-35(38(37)40)19-20-41(45-39,29-12-16-31(46-3)17-13-29)28-10-14-30(15-11-28)43-21-6-23-44-24-22-43/h4-5,7-20,25H,6,21-24H2,1-3H3. The van der Waals surface area contributed by atoms with Crippen LogP contribution in [-0.4, -0.2) is 32.6 Å². The van der Waals surface area contributed by atoms with Crippen molar-refractivity contribution in [1.29, 1.82) is 5.26 Å². The lowest BCUT2D eigenvalue weighted by atomic mass is 9.76. The number of hydrogen-bond donors (Lipinski definition) is 0. The second-order valence-corrected chi connectivity index (χ2v) is 13.8. The summed E-state index contributed by atoms with van der Waals surface area (Å²) in [5.74, 6) is 0.904. The quantitative estimate of drug-likeness (QED) is 0.187. The van der Waals surface area contributed by atoms with Crippen LogP contribution in [0.2, 0.25) is 0 Å². The number of benzene rings is 5. The molecular formula is C41H36N2O2S. The summed E-state index contributed by atoms with van der Waals surface area (Å²) in [5, 5.41) is 12.0. The molecule has 1 fully saturated rings. The Morgan fingerprint density at radius 3 is 2.33 bits per heavy atom. The Kier molecular flexibility index (Phi) is 6.97. The molecule has 0 radical (unpaired) electrons. The van der Waals surface area contributed by atoms with Gasteiger partial charge in [0.05, 0.1) is 18.2 Å². The molecule has 5 heteroatoms. The van der Waals surface area contributed by atoms with Crippen LogP contribution >= 0.6 is 11.8 Å². The van der Waals surface area contributed by atoms with Crippen molar-refractivity contribution in [1.82, 2.24) is 0 Å². The predicted molar refractivity (Wildman–Crippen MR) is 189 cm³/mol. The molecule has 1 unspecified atom stereocenters. The number of hydrogen-bond acceptors (Lipinski definition) is 5. The zero-order valence-corrected chi connectivity index (χ0v) is 27.3. The highest BCUT2D eigenvalue weighted by atomic mass is 32.2. The van der Waals surface area contributed by atoms with Gasteiger partial charge >= 0.3 is 0 Å². The molecule has 1 saturated heterocycles. The first-order chi connectivity index (χ1) is 22.4. The summed E-state index contributed by atoms with van der Waals surface area (Å²) in [6.07, 6.45) is 7.70. The molecule has 0 spiro atoms. The van der Waals surface area contributed by atoms with E-state index in [-0.39, 0.29) is 5.41 Å². The van der Waals surface area contributed by atoms with Crippen LogP contribution < -0.4 is 9.64 Å². The van der Waals surface area contributed by atoms with Gasteiger partial charge in [0.2, 0.25) is 0 Å². The molecule has 1 aliphatic carbocycles. The van der Waals surface area contributed by atoms with E-state index in [4.69, 9.17) is 9.47 Å². The fourth-order valence-corrected chi connectivity index (χ4v) is 8.15. The number of nitrogens with zero attached hydrogens (tertiary/aromatic N) is 2. The lowest BCUT2D eigenvalue weighted by Crippen LogP contribution is -2.35. The minimum atomic E-state index is -0.815. The van der Waals surface area contributed by atoms with Gasteiger partial charge in [-0.2, -0.15) is 5.26 Å². The van der Waals surface area contributed by atoms with Gasteiger partial charge in [0, 0.05) is 57.8 Å². The second kappa shape index (κ2) is 11.1. The Balaban J connectivity index is 1.33. The Labute approximate surface area is 275 Å². The van der Waals surface area contributed by atoms with Crippen molar-refractivity contribution in [2.45, 2.75) is 36.2 Å². The van der Waals surface area contributed by atoms with Crippen molar-refractivity contribution >= 4 is 34.3 Å². The van der Waals surface area contributed by atoms with Crippen LogP contribution in [0.5, 0.6) is 5.75 Å². The molecule has 0 aromatic heterocycles. The molecule has 8 rings (SSSR count). The third-order valence-corrected chi connectivity index (χ3v) is 10.8. The van der Waals surface area contributed by atoms with Crippen molar-refractivity contribution < 1.29 is 9.47 Å². The molecule has 3 aliphatic rings.